The molecule has 4 N–H and O–H groups in total. The third kappa shape index (κ3) is 4.04. The molecule has 144 valence electrons. The van der Waals surface area contributed by atoms with Gasteiger partial charge < -0.3 is 15.4 Å². The van der Waals surface area contributed by atoms with E-state index in [1.807, 2.05) is 48.5 Å². The fourth-order valence-electron chi connectivity index (χ4n) is 2.82. The number of amides is 1. The minimum atomic E-state index is -1.10. The smallest absolute Gasteiger partial charge is 0.290 e. The molecule has 1 aromatic heterocycles. The number of carbonyl (C=O) groups excluding carboxylic acids is 1. The summed E-state index contributed by atoms with van der Waals surface area (Å²) in [6.45, 7) is 0. The number of nitrogens with one attached hydrogen (secondary N) is 4. The number of aliphatic imine (C=N–C) groups is 1. The summed E-state index contributed by atoms with van der Waals surface area (Å²) in [5.74, 6) is -0.709. The first-order valence-electron chi connectivity index (χ1n) is 8.66. The zero-order chi connectivity index (χ0) is 20.2. The van der Waals surface area contributed by atoms with Crippen molar-refractivity contribution in [2.24, 2.45) is 4.99 Å². The molecule has 0 bridgehead atoms. The number of benzodiazepines with no additional fused rings is 1. The second-order valence-electron chi connectivity index (χ2n) is 6.02. The molecular formula is C20H16N6O2S. The molecule has 1 amide bonds. The van der Waals surface area contributed by atoms with Crippen molar-refractivity contribution in [1.29, 1.82) is 10.8 Å². The Morgan fingerprint density at radius 2 is 1.86 bits per heavy atom. The fraction of sp³-hybridized carbons (Fsp3) is 0.0500. The highest BCUT2D eigenvalue weighted by Gasteiger charge is 2.27. The molecule has 0 radical (unpaired) electrons. The van der Waals surface area contributed by atoms with Gasteiger partial charge in [0, 0.05) is 22.7 Å². The second kappa shape index (κ2) is 8.03. The number of fused-ring (bicyclic) bond motifs is 1. The van der Waals surface area contributed by atoms with Gasteiger partial charge in [-0.3, -0.25) is 15.6 Å². The van der Waals surface area contributed by atoms with Crippen LogP contribution < -0.4 is 10.6 Å². The van der Waals surface area contributed by atoms with Gasteiger partial charge in [0.05, 0.1) is 11.4 Å². The molecule has 2 aromatic carbocycles. The predicted octanol–water partition coefficient (Wildman–Crippen LogP) is 2.83. The molecule has 1 aliphatic rings. The number of rotatable bonds is 3. The van der Waals surface area contributed by atoms with Gasteiger partial charge in [-0.25, -0.2) is 9.98 Å². The standard InChI is InChI=1S/C20H16N6O2S/c21-16(19-23-10-11-29-19)28-20(22)26-17-18(27)24-14-9-5-4-8-13(14)15(25-17)12-6-2-1-3-7-12/h1-11,17,21H,(H2,22,26)(H,24,27). The maximum Gasteiger partial charge on any atom is 0.290 e. The van der Waals surface area contributed by atoms with Gasteiger partial charge in [-0.15, -0.1) is 11.3 Å². The van der Waals surface area contributed by atoms with Crippen molar-refractivity contribution in [2.75, 3.05) is 5.32 Å². The van der Waals surface area contributed by atoms with Crippen LogP contribution in [0.5, 0.6) is 0 Å². The van der Waals surface area contributed by atoms with E-state index in [4.69, 9.17) is 15.6 Å². The van der Waals surface area contributed by atoms with E-state index in [0.29, 0.717) is 16.4 Å². The molecule has 0 fully saturated rings. The van der Waals surface area contributed by atoms with Crippen molar-refractivity contribution < 1.29 is 9.53 Å². The van der Waals surface area contributed by atoms with Gasteiger partial charge in [0.2, 0.25) is 6.17 Å². The van der Waals surface area contributed by atoms with E-state index < -0.39 is 18.1 Å². The Labute approximate surface area is 170 Å². The molecule has 3 aromatic rings. The van der Waals surface area contributed by atoms with Gasteiger partial charge in [0.25, 0.3) is 17.8 Å². The highest BCUT2D eigenvalue weighted by Crippen LogP contribution is 2.23. The van der Waals surface area contributed by atoms with Crippen molar-refractivity contribution >= 4 is 40.6 Å². The Morgan fingerprint density at radius 1 is 1.10 bits per heavy atom. The molecule has 0 spiro atoms. The highest BCUT2D eigenvalue weighted by molar-refractivity contribution is 7.11. The summed E-state index contributed by atoms with van der Waals surface area (Å²) in [7, 11) is 0. The van der Waals surface area contributed by atoms with Crippen molar-refractivity contribution in [3.63, 3.8) is 0 Å². The maximum absolute atomic E-state index is 12.7. The van der Waals surface area contributed by atoms with E-state index in [-0.39, 0.29) is 5.90 Å². The normalized spacial score (nSPS) is 15.4. The molecule has 0 aliphatic carbocycles. The van der Waals surface area contributed by atoms with Crippen LogP contribution in [-0.4, -0.2) is 34.7 Å². The van der Waals surface area contributed by atoms with Crippen molar-refractivity contribution in [1.82, 2.24) is 10.3 Å². The Balaban J connectivity index is 1.62. The minimum absolute atomic E-state index is 0.276. The number of thiazole rings is 1. The molecule has 1 unspecified atom stereocenters. The number of amidine groups is 1. The second-order valence-corrected chi connectivity index (χ2v) is 6.92. The average molecular weight is 404 g/mol. The third-order valence-electron chi connectivity index (χ3n) is 4.09. The monoisotopic (exact) mass is 404 g/mol. The first-order chi connectivity index (χ1) is 14.1. The van der Waals surface area contributed by atoms with Crippen LogP contribution in [0.2, 0.25) is 0 Å². The van der Waals surface area contributed by atoms with Gasteiger partial charge in [0.15, 0.2) is 5.01 Å². The van der Waals surface area contributed by atoms with Crippen LogP contribution in [0.15, 0.2) is 71.2 Å². The topological polar surface area (TPSA) is 123 Å². The molecule has 9 heteroatoms. The number of aromatic nitrogens is 1. The van der Waals surface area contributed by atoms with Crippen LogP contribution in [0, 0.1) is 10.8 Å². The number of carbonyl (C=O) groups is 1. The van der Waals surface area contributed by atoms with E-state index in [1.165, 1.54) is 11.3 Å². The molecule has 1 aliphatic heterocycles. The number of nitrogens with zero attached hydrogens (tertiary/aromatic N) is 2. The van der Waals surface area contributed by atoms with Crippen molar-refractivity contribution in [2.45, 2.75) is 6.17 Å². The van der Waals surface area contributed by atoms with Crippen LogP contribution in [-0.2, 0) is 9.53 Å². The quantitative estimate of drug-likeness (QED) is 0.396. The lowest BCUT2D eigenvalue weighted by Crippen LogP contribution is -2.43. The van der Waals surface area contributed by atoms with Crippen molar-refractivity contribution in [3.05, 3.63) is 82.3 Å². The number of anilines is 1. The third-order valence-corrected chi connectivity index (χ3v) is 4.86. The Hall–Kier alpha value is -3.85. The summed E-state index contributed by atoms with van der Waals surface area (Å²) in [5, 5.41) is 23.4. The number of hydrogen-bond acceptors (Lipinski definition) is 7. The summed E-state index contributed by atoms with van der Waals surface area (Å²) >= 11 is 1.22. The Morgan fingerprint density at radius 3 is 2.62 bits per heavy atom. The number of benzene rings is 2. The van der Waals surface area contributed by atoms with Gasteiger partial charge >= 0.3 is 0 Å². The highest BCUT2D eigenvalue weighted by atomic mass is 32.1. The zero-order valence-electron chi connectivity index (χ0n) is 15.0. The average Bonchev–Trinajstić information content (AvgIpc) is 3.23. The molecule has 2 heterocycles. The molecule has 8 nitrogen and oxygen atoms in total. The van der Waals surface area contributed by atoms with E-state index in [9.17, 15) is 4.79 Å². The number of para-hydroxylation sites is 1. The lowest BCUT2D eigenvalue weighted by atomic mass is 10.0. The van der Waals surface area contributed by atoms with Crippen molar-refractivity contribution in [3.8, 4) is 0 Å². The summed E-state index contributed by atoms with van der Waals surface area (Å²) in [6.07, 6.45) is 0.440. The minimum Gasteiger partial charge on any atom is -0.404 e. The maximum atomic E-state index is 12.7. The number of hydrogen-bond donors (Lipinski definition) is 4. The van der Waals surface area contributed by atoms with E-state index in [1.54, 1.807) is 17.6 Å². The van der Waals surface area contributed by atoms with Crippen LogP contribution in [0.3, 0.4) is 0 Å². The van der Waals surface area contributed by atoms with Gasteiger partial charge in [0.1, 0.15) is 0 Å². The molecule has 1 atom stereocenters. The summed E-state index contributed by atoms with van der Waals surface area (Å²) in [5.41, 5.74) is 2.86. The summed E-state index contributed by atoms with van der Waals surface area (Å²) in [4.78, 5) is 21.2. The summed E-state index contributed by atoms with van der Waals surface area (Å²) in [6, 6.07) is 16.4. The van der Waals surface area contributed by atoms with Crippen LogP contribution >= 0.6 is 11.3 Å². The van der Waals surface area contributed by atoms with E-state index in [0.717, 1.165) is 11.1 Å². The lowest BCUT2D eigenvalue weighted by Gasteiger charge is -2.15. The molecular weight excluding hydrogens is 388 g/mol. The fourth-order valence-corrected chi connectivity index (χ4v) is 3.34. The zero-order valence-corrected chi connectivity index (χ0v) is 15.9. The largest absolute Gasteiger partial charge is 0.404 e. The predicted molar refractivity (Wildman–Crippen MR) is 112 cm³/mol. The van der Waals surface area contributed by atoms with Gasteiger partial charge in [-0.1, -0.05) is 48.5 Å². The Bertz CT molecular complexity index is 1100. The van der Waals surface area contributed by atoms with E-state index in [2.05, 4.69) is 20.6 Å². The SMILES string of the molecule is N=C(NC1N=C(c2ccccc2)c2ccccc2NC1=O)OC(=N)c1nccs1. The Kier molecular flexibility index (Phi) is 5.12. The number of ether oxygens (including phenoxy) is 1. The molecule has 0 saturated heterocycles. The van der Waals surface area contributed by atoms with Gasteiger partial charge in [-0.05, 0) is 6.07 Å². The van der Waals surface area contributed by atoms with Crippen LogP contribution in [0.4, 0.5) is 5.69 Å². The molecule has 4 rings (SSSR count). The van der Waals surface area contributed by atoms with E-state index >= 15 is 0 Å². The summed E-state index contributed by atoms with van der Waals surface area (Å²) < 4.78 is 5.16. The van der Waals surface area contributed by atoms with Gasteiger partial charge in [-0.2, -0.15) is 0 Å². The van der Waals surface area contributed by atoms with Crippen LogP contribution in [0.25, 0.3) is 0 Å². The first kappa shape index (κ1) is 18.5. The lowest BCUT2D eigenvalue weighted by molar-refractivity contribution is -0.117. The molecule has 29 heavy (non-hydrogen) atoms. The molecule has 0 saturated carbocycles. The first-order valence-corrected chi connectivity index (χ1v) is 9.54. The van der Waals surface area contributed by atoms with Crippen LogP contribution in [0.1, 0.15) is 16.1 Å².